The highest BCUT2D eigenvalue weighted by molar-refractivity contribution is 6.04. The van der Waals surface area contributed by atoms with Crippen LogP contribution in [0.3, 0.4) is 0 Å². The number of fused-ring (bicyclic) bond motifs is 1. The van der Waals surface area contributed by atoms with Gasteiger partial charge in [0.05, 0.1) is 5.69 Å². The van der Waals surface area contributed by atoms with Gasteiger partial charge in [-0.3, -0.25) is 19.3 Å². The van der Waals surface area contributed by atoms with Gasteiger partial charge in [-0.25, -0.2) is 0 Å². The van der Waals surface area contributed by atoms with Crippen LogP contribution in [-0.4, -0.2) is 79.9 Å². The summed E-state index contributed by atoms with van der Waals surface area (Å²) in [6.45, 7) is 7.73. The van der Waals surface area contributed by atoms with Crippen LogP contribution in [0.4, 0.5) is 5.69 Å². The Morgan fingerprint density at radius 1 is 1.03 bits per heavy atom. The third-order valence-corrected chi connectivity index (χ3v) is 6.40. The number of anilines is 1. The second kappa shape index (κ2) is 10.7. The normalized spacial score (nSPS) is 16.1. The lowest BCUT2D eigenvalue weighted by atomic mass is 10.1. The standard InChI is InChI=1S/C26H31N3O5/c1-3-19-7-5-6-8-23(19)33-17-22(30)20-9-10-24-21(15-20)29(26(32)18-34-24)16-25(31)28-13-11-27(4-2)12-14-28/h5-10,15H,3-4,11-14,16-18H2,1-2H3. The molecule has 0 spiro atoms. The maximum atomic E-state index is 12.9. The third-order valence-electron chi connectivity index (χ3n) is 6.40. The smallest absolute Gasteiger partial charge is 0.265 e. The number of aryl methyl sites for hydroxylation is 1. The molecule has 0 bridgehead atoms. The predicted octanol–water partition coefficient (Wildman–Crippen LogP) is 2.40. The summed E-state index contributed by atoms with van der Waals surface area (Å²) in [6.07, 6.45) is 0.805. The van der Waals surface area contributed by atoms with Crippen molar-refractivity contribution in [2.75, 3.05) is 57.4 Å². The highest BCUT2D eigenvalue weighted by atomic mass is 16.5. The Balaban J connectivity index is 1.46. The van der Waals surface area contributed by atoms with Gasteiger partial charge in [0.2, 0.25) is 5.91 Å². The quantitative estimate of drug-likeness (QED) is 0.557. The number of benzene rings is 2. The Morgan fingerprint density at radius 3 is 2.53 bits per heavy atom. The van der Waals surface area contributed by atoms with Crippen LogP contribution >= 0.6 is 0 Å². The molecule has 4 rings (SSSR count). The zero-order chi connectivity index (χ0) is 24.1. The number of piperazine rings is 1. The first-order valence-electron chi connectivity index (χ1n) is 11.8. The van der Waals surface area contributed by atoms with E-state index in [1.54, 1.807) is 23.1 Å². The SMILES string of the molecule is CCc1ccccc1OCC(=O)c1ccc2c(c1)N(CC(=O)N1CCN(CC)CC1)C(=O)CO2. The maximum absolute atomic E-state index is 12.9. The van der Waals surface area contributed by atoms with E-state index in [-0.39, 0.29) is 37.4 Å². The van der Waals surface area contributed by atoms with E-state index < -0.39 is 0 Å². The summed E-state index contributed by atoms with van der Waals surface area (Å²) in [5.74, 6) is 0.551. The van der Waals surface area contributed by atoms with Crippen LogP contribution in [0.25, 0.3) is 0 Å². The van der Waals surface area contributed by atoms with Gasteiger partial charge in [-0.15, -0.1) is 0 Å². The van der Waals surface area contributed by atoms with Crippen molar-refractivity contribution in [3.05, 3.63) is 53.6 Å². The number of hydrogen-bond donors (Lipinski definition) is 0. The lowest BCUT2D eigenvalue weighted by Crippen LogP contribution is -2.52. The van der Waals surface area contributed by atoms with Crippen molar-refractivity contribution < 1.29 is 23.9 Å². The summed E-state index contributed by atoms with van der Waals surface area (Å²) < 4.78 is 11.3. The number of rotatable bonds is 8. The first-order valence-corrected chi connectivity index (χ1v) is 11.8. The number of carbonyl (C=O) groups is 3. The molecule has 0 aliphatic carbocycles. The average Bonchev–Trinajstić information content (AvgIpc) is 2.88. The number of Topliss-reactive ketones (excluding diaryl/α,β-unsaturated/α-hetero) is 1. The second-order valence-corrected chi connectivity index (χ2v) is 8.44. The Labute approximate surface area is 200 Å². The number of para-hydroxylation sites is 1. The average molecular weight is 466 g/mol. The lowest BCUT2D eigenvalue weighted by molar-refractivity contribution is -0.133. The van der Waals surface area contributed by atoms with Crippen molar-refractivity contribution in [3.8, 4) is 11.5 Å². The fraction of sp³-hybridized carbons (Fsp3) is 0.423. The molecule has 8 nitrogen and oxygen atoms in total. The Morgan fingerprint density at radius 2 is 1.79 bits per heavy atom. The van der Waals surface area contributed by atoms with Crippen molar-refractivity contribution in [3.63, 3.8) is 0 Å². The number of carbonyl (C=O) groups excluding carboxylic acids is 3. The summed E-state index contributed by atoms with van der Waals surface area (Å²) in [5.41, 5.74) is 1.88. The van der Waals surface area contributed by atoms with E-state index in [1.165, 1.54) is 4.90 Å². The summed E-state index contributed by atoms with van der Waals surface area (Å²) in [5, 5.41) is 0. The first-order chi connectivity index (χ1) is 16.5. The fourth-order valence-corrected chi connectivity index (χ4v) is 4.26. The van der Waals surface area contributed by atoms with Gasteiger partial charge in [-0.05, 0) is 42.8 Å². The van der Waals surface area contributed by atoms with Gasteiger partial charge in [0.15, 0.2) is 19.0 Å². The fourth-order valence-electron chi connectivity index (χ4n) is 4.26. The Kier molecular flexibility index (Phi) is 7.47. The largest absolute Gasteiger partial charge is 0.485 e. The van der Waals surface area contributed by atoms with Crippen molar-refractivity contribution in [1.82, 2.24) is 9.80 Å². The van der Waals surface area contributed by atoms with Crippen molar-refractivity contribution >= 4 is 23.3 Å². The molecule has 2 aromatic carbocycles. The maximum Gasteiger partial charge on any atom is 0.265 e. The zero-order valence-corrected chi connectivity index (χ0v) is 19.8. The molecular formula is C26H31N3O5. The molecule has 0 radical (unpaired) electrons. The van der Waals surface area contributed by atoms with Crippen molar-refractivity contribution in [1.29, 1.82) is 0 Å². The molecule has 0 N–H and O–H groups in total. The molecule has 1 saturated heterocycles. The molecule has 2 heterocycles. The van der Waals surface area contributed by atoms with E-state index >= 15 is 0 Å². The highest BCUT2D eigenvalue weighted by Crippen LogP contribution is 2.33. The third kappa shape index (κ3) is 5.22. The molecule has 2 aliphatic rings. The van der Waals surface area contributed by atoms with Crippen LogP contribution in [0.1, 0.15) is 29.8 Å². The molecule has 0 atom stereocenters. The number of ketones is 1. The summed E-state index contributed by atoms with van der Waals surface area (Å²) >= 11 is 0. The number of amides is 2. The molecule has 2 aliphatic heterocycles. The van der Waals surface area contributed by atoms with Crippen molar-refractivity contribution in [2.45, 2.75) is 20.3 Å². The van der Waals surface area contributed by atoms with Gasteiger partial charge in [0.1, 0.15) is 18.0 Å². The summed E-state index contributed by atoms with van der Waals surface area (Å²) in [7, 11) is 0. The number of nitrogens with zero attached hydrogens (tertiary/aromatic N) is 3. The van der Waals surface area contributed by atoms with Gasteiger partial charge >= 0.3 is 0 Å². The van der Waals surface area contributed by atoms with E-state index in [2.05, 4.69) is 11.8 Å². The molecular weight excluding hydrogens is 434 g/mol. The molecule has 2 amide bonds. The first kappa shape index (κ1) is 23.8. The topological polar surface area (TPSA) is 79.4 Å². The highest BCUT2D eigenvalue weighted by Gasteiger charge is 2.30. The van der Waals surface area contributed by atoms with Gasteiger partial charge in [-0.2, -0.15) is 0 Å². The molecule has 2 aromatic rings. The molecule has 180 valence electrons. The van der Waals surface area contributed by atoms with Crippen molar-refractivity contribution in [2.24, 2.45) is 0 Å². The predicted molar refractivity (Wildman–Crippen MR) is 129 cm³/mol. The van der Waals surface area contributed by atoms with E-state index in [4.69, 9.17) is 9.47 Å². The van der Waals surface area contributed by atoms with E-state index in [1.807, 2.05) is 31.2 Å². The Hall–Kier alpha value is -3.39. The molecule has 1 fully saturated rings. The number of likely N-dealkylation sites (N-methyl/N-ethyl adjacent to an activating group) is 1. The molecule has 34 heavy (non-hydrogen) atoms. The second-order valence-electron chi connectivity index (χ2n) is 8.44. The minimum Gasteiger partial charge on any atom is -0.485 e. The minimum atomic E-state index is -0.300. The van der Waals surface area contributed by atoms with Crippen LogP contribution in [0.2, 0.25) is 0 Å². The zero-order valence-electron chi connectivity index (χ0n) is 19.8. The van der Waals surface area contributed by atoms with Crippen LogP contribution in [0, 0.1) is 0 Å². The van der Waals surface area contributed by atoms with Crippen LogP contribution in [0.15, 0.2) is 42.5 Å². The minimum absolute atomic E-state index is 0.0701. The van der Waals surface area contributed by atoms with Gasteiger partial charge in [-0.1, -0.05) is 32.0 Å². The molecule has 8 heteroatoms. The van der Waals surface area contributed by atoms with E-state index in [9.17, 15) is 14.4 Å². The molecule has 0 unspecified atom stereocenters. The monoisotopic (exact) mass is 465 g/mol. The Bertz CT molecular complexity index is 1060. The van der Waals surface area contributed by atoms with Gasteiger partial charge in [0.25, 0.3) is 5.91 Å². The number of ether oxygens (including phenoxy) is 2. The molecule has 0 aromatic heterocycles. The van der Waals surface area contributed by atoms with E-state index in [0.29, 0.717) is 35.8 Å². The number of hydrogen-bond acceptors (Lipinski definition) is 6. The van der Waals surface area contributed by atoms with Crippen LogP contribution in [0.5, 0.6) is 11.5 Å². The molecule has 0 saturated carbocycles. The summed E-state index contributed by atoms with van der Waals surface area (Å²) in [4.78, 5) is 44.0. The van der Waals surface area contributed by atoms with E-state index in [0.717, 1.165) is 31.6 Å². The lowest BCUT2D eigenvalue weighted by Gasteiger charge is -2.36. The van der Waals surface area contributed by atoms with Crippen LogP contribution < -0.4 is 14.4 Å². The van der Waals surface area contributed by atoms with Crippen LogP contribution in [-0.2, 0) is 16.0 Å². The summed E-state index contributed by atoms with van der Waals surface area (Å²) in [6, 6.07) is 12.6. The van der Waals surface area contributed by atoms with Gasteiger partial charge < -0.3 is 19.3 Å². The van der Waals surface area contributed by atoms with Gasteiger partial charge in [0, 0.05) is 31.7 Å².